The minimum atomic E-state index is 0.933. The molecule has 0 bridgehead atoms. The van der Waals surface area contributed by atoms with E-state index in [9.17, 15) is 0 Å². The van der Waals surface area contributed by atoms with Gasteiger partial charge in [0.1, 0.15) is 11.2 Å². The Balaban J connectivity index is 1.67. The van der Waals surface area contributed by atoms with Crippen LogP contribution in [0.15, 0.2) is 108 Å². The number of rotatable bonds is 1. The number of aromatic nitrogens is 1. The molecule has 2 heterocycles. The zero-order chi connectivity index (χ0) is 19.7. The highest BCUT2D eigenvalue weighted by Gasteiger charge is 2.18. The van der Waals surface area contributed by atoms with Crippen molar-refractivity contribution in [2.75, 3.05) is 0 Å². The van der Waals surface area contributed by atoms with Crippen LogP contribution in [0.4, 0.5) is 0 Å². The largest absolute Gasteiger partial charge is 0.455 e. The molecule has 0 unspecified atom stereocenters. The van der Waals surface area contributed by atoms with Gasteiger partial charge in [-0.1, -0.05) is 66.7 Å². The Hall–Kier alpha value is -4.04. The summed E-state index contributed by atoms with van der Waals surface area (Å²) in [5.74, 6) is 0. The lowest BCUT2D eigenvalue weighted by Crippen LogP contribution is -1.93. The molecule has 0 spiro atoms. The minimum Gasteiger partial charge on any atom is -0.455 e. The van der Waals surface area contributed by atoms with Crippen LogP contribution in [0, 0.1) is 0 Å². The first kappa shape index (κ1) is 15.8. The van der Waals surface area contributed by atoms with E-state index in [0.717, 1.165) is 27.8 Å². The van der Waals surface area contributed by atoms with Crippen molar-refractivity contribution in [2.45, 2.75) is 0 Å². The van der Waals surface area contributed by atoms with Crippen LogP contribution < -0.4 is 0 Å². The van der Waals surface area contributed by atoms with Crippen molar-refractivity contribution >= 4 is 54.5 Å². The van der Waals surface area contributed by atoms with E-state index in [2.05, 4.69) is 95.6 Å². The second kappa shape index (κ2) is 5.74. The van der Waals surface area contributed by atoms with Gasteiger partial charge in [0.25, 0.3) is 0 Å². The fourth-order valence-electron chi connectivity index (χ4n) is 4.83. The fourth-order valence-corrected chi connectivity index (χ4v) is 4.83. The normalized spacial score (nSPS) is 12.0. The monoisotopic (exact) mass is 383 g/mol. The predicted molar refractivity (Wildman–Crippen MR) is 126 cm³/mol. The van der Waals surface area contributed by atoms with Gasteiger partial charge in [0.05, 0.1) is 16.4 Å². The number of hydrogen-bond acceptors (Lipinski definition) is 1. The molecule has 0 aliphatic heterocycles. The molecule has 0 aliphatic rings. The van der Waals surface area contributed by atoms with Gasteiger partial charge in [-0.25, -0.2) is 0 Å². The highest BCUT2D eigenvalue weighted by atomic mass is 16.3. The number of fused-ring (bicyclic) bond motifs is 8. The van der Waals surface area contributed by atoms with Crippen LogP contribution >= 0.6 is 0 Å². The maximum Gasteiger partial charge on any atom is 0.145 e. The Labute approximate surface area is 172 Å². The van der Waals surface area contributed by atoms with E-state index in [1.807, 2.05) is 12.1 Å². The molecule has 5 aromatic carbocycles. The standard InChI is InChI=1S/C28H17NO/c1-2-8-19-17-20(14-13-18(19)7-1)29-24-11-5-3-10-23(24)27-25(29)16-15-22-21-9-4-6-12-26(21)30-28(22)27/h1-17H. The van der Waals surface area contributed by atoms with Gasteiger partial charge in [-0.15, -0.1) is 0 Å². The highest BCUT2D eigenvalue weighted by molar-refractivity contribution is 6.23. The number of nitrogens with zero attached hydrogens (tertiary/aromatic N) is 1. The first-order valence-corrected chi connectivity index (χ1v) is 10.2. The SMILES string of the molecule is c1ccc2cc(-n3c4ccccc4c4c5oc6ccccc6c5ccc43)ccc2c1. The minimum absolute atomic E-state index is 0.933. The lowest BCUT2D eigenvalue weighted by molar-refractivity contribution is 0.673. The summed E-state index contributed by atoms with van der Waals surface area (Å²) in [5.41, 5.74) is 5.41. The molecule has 7 rings (SSSR count). The van der Waals surface area contributed by atoms with Crippen molar-refractivity contribution in [2.24, 2.45) is 0 Å². The summed E-state index contributed by atoms with van der Waals surface area (Å²) in [6.07, 6.45) is 0. The fraction of sp³-hybridized carbons (Fsp3) is 0. The van der Waals surface area contributed by atoms with Gasteiger partial charge >= 0.3 is 0 Å². The first-order chi connectivity index (χ1) is 14.9. The molecule has 0 N–H and O–H groups in total. The van der Waals surface area contributed by atoms with Gasteiger partial charge < -0.3 is 8.98 Å². The first-order valence-electron chi connectivity index (χ1n) is 10.2. The number of furan rings is 1. The van der Waals surface area contributed by atoms with Crippen LogP contribution in [-0.2, 0) is 0 Å². The molecule has 0 fully saturated rings. The second-order valence-corrected chi connectivity index (χ2v) is 7.82. The van der Waals surface area contributed by atoms with E-state index in [-0.39, 0.29) is 0 Å². The second-order valence-electron chi connectivity index (χ2n) is 7.82. The molecule has 0 saturated heterocycles. The molecule has 0 saturated carbocycles. The van der Waals surface area contributed by atoms with Gasteiger partial charge in [0, 0.05) is 21.8 Å². The molecule has 7 aromatic rings. The van der Waals surface area contributed by atoms with Crippen LogP contribution in [0.2, 0.25) is 0 Å². The third-order valence-corrected chi connectivity index (χ3v) is 6.17. The van der Waals surface area contributed by atoms with E-state index < -0.39 is 0 Å². The number of benzene rings is 5. The topological polar surface area (TPSA) is 18.1 Å². The van der Waals surface area contributed by atoms with Crippen molar-refractivity contribution in [1.29, 1.82) is 0 Å². The Morgan fingerprint density at radius 1 is 0.533 bits per heavy atom. The quantitative estimate of drug-likeness (QED) is 0.282. The van der Waals surface area contributed by atoms with Crippen molar-refractivity contribution in [3.63, 3.8) is 0 Å². The summed E-state index contributed by atoms with van der Waals surface area (Å²) in [7, 11) is 0. The van der Waals surface area contributed by atoms with Gasteiger partial charge in [-0.2, -0.15) is 0 Å². The smallest absolute Gasteiger partial charge is 0.145 e. The molecular formula is C28H17NO. The lowest BCUT2D eigenvalue weighted by Gasteiger charge is -2.09. The molecule has 30 heavy (non-hydrogen) atoms. The average Bonchev–Trinajstić information content (AvgIpc) is 3.34. The summed E-state index contributed by atoms with van der Waals surface area (Å²) < 4.78 is 8.73. The molecule has 0 atom stereocenters. The van der Waals surface area contributed by atoms with Crippen molar-refractivity contribution in [1.82, 2.24) is 4.57 Å². The summed E-state index contributed by atoms with van der Waals surface area (Å²) in [6, 6.07) is 36.5. The van der Waals surface area contributed by atoms with E-state index in [1.165, 1.54) is 32.4 Å². The van der Waals surface area contributed by atoms with Crippen LogP contribution in [0.5, 0.6) is 0 Å². The third-order valence-electron chi connectivity index (χ3n) is 6.17. The predicted octanol–water partition coefficient (Wildman–Crippen LogP) is 7.84. The van der Waals surface area contributed by atoms with Crippen molar-refractivity contribution in [3.8, 4) is 5.69 Å². The lowest BCUT2D eigenvalue weighted by atomic mass is 10.1. The van der Waals surface area contributed by atoms with Crippen molar-refractivity contribution < 1.29 is 4.42 Å². The van der Waals surface area contributed by atoms with Crippen molar-refractivity contribution in [3.05, 3.63) is 103 Å². The third kappa shape index (κ3) is 2.03. The van der Waals surface area contributed by atoms with Crippen LogP contribution in [-0.4, -0.2) is 4.57 Å². The maximum absolute atomic E-state index is 6.38. The summed E-state index contributed by atoms with van der Waals surface area (Å²) >= 11 is 0. The van der Waals surface area contributed by atoms with E-state index in [4.69, 9.17) is 4.42 Å². The van der Waals surface area contributed by atoms with Gasteiger partial charge in [0.2, 0.25) is 0 Å². The highest BCUT2D eigenvalue weighted by Crippen LogP contribution is 2.40. The molecule has 2 heteroatoms. The Kier molecular flexibility index (Phi) is 3.03. The molecule has 140 valence electrons. The Morgan fingerprint density at radius 3 is 2.23 bits per heavy atom. The maximum atomic E-state index is 6.38. The molecular weight excluding hydrogens is 366 g/mol. The Morgan fingerprint density at radius 2 is 1.30 bits per heavy atom. The van der Waals surface area contributed by atoms with E-state index in [0.29, 0.717) is 0 Å². The summed E-state index contributed by atoms with van der Waals surface area (Å²) in [4.78, 5) is 0. The number of hydrogen-bond donors (Lipinski definition) is 0. The zero-order valence-electron chi connectivity index (χ0n) is 16.2. The average molecular weight is 383 g/mol. The van der Waals surface area contributed by atoms with Gasteiger partial charge in [-0.05, 0) is 47.2 Å². The van der Waals surface area contributed by atoms with Gasteiger partial charge in [-0.3, -0.25) is 0 Å². The van der Waals surface area contributed by atoms with Crippen LogP contribution in [0.1, 0.15) is 0 Å². The molecule has 0 amide bonds. The zero-order valence-corrected chi connectivity index (χ0v) is 16.2. The van der Waals surface area contributed by atoms with Gasteiger partial charge in [0.15, 0.2) is 0 Å². The van der Waals surface area contributed by atoms with E-state index >= 15 is 0 Å². The molecule has 0 aliphatic carbocycles. The van der Waals surface area contributed by atoms with E-state index in [1.54, 1.807) is 0 Å². The van der Waals surface area contributed by atoms with Crippen LogP contribution in [0.25, 0.3) is 60.2 Å². The summed E-state index contributed by atoms with van der Waals surface area (Å²) in [6.45, 7) is 0. The molecule has 2 aromatic heterocycles. The molecule has 0 radical (unpaired) electrons. The van der Waals surface area contributed by atoms with Crippen LogP contribution in [0.3, 0.4) is 0 Å². The summed E-state index contributed by atoms with van der Waals surface area (Å²) in [5, 5.41) is 7.21. The molecule has 2 nitrogen and oxygen atoms in total. The Bertz CT molecular complexity index is 1750. The number of para-hydroxylation sites is 2.